The summed E-state index contributed by atoms with van der Waals surface area (Å²) in [6, 6.07) is 7.08. The SMILES string of the molecule is C.CC(C)(C)c1ccc2c(c1)CCCC2. The average Bonchev–Trinajstić information content (AvgIpc) is 2.16. The van der Waals surface area contributed by atoms with Gasteiger partial charge in [-0.05, 0) is 47.8 Å². The maximum Gasteiger partial charge on any atom is -0.0132 e. The van der Waals surface area contributed by atoms with Gasteiger partial charge in [0.15, 0.2) is 0 Å². The molecule has 1 aromatic rings. The van der Waals surface area contributed by atoms with Gasteiger partial charge in [-0.25, -0.2) is 0 Å². The monoisotopic (exact) mass is 204 g/mol. The lowest BCUT2D eigenvalue weighted by atomic mass is 9.82. The van der Waals surface area contributed by atoms with Crippen LogP contribution in [0.3, 0.4) is 0 Å². The third kappa shape index (κ3) is 2.62. The van der Waals surface area contributed by atoms with Crippen LogP contribution in [0.5, 0.6) is 0 Å². The Balaban J connectivity index is 0.00000112. The second-order valence-corrected chi connectivity index (χ2v) is 5.44. The van der Waals surface area contributed by atoms with Crippen molar-refractivity contribution < 1.29 is 0 Å². The normalized spacial score (nSPS) is 15.4. The largest absolute Gasteiger partial charge is 0.0776 e. The molecule has 0 radical (unpaired) electrons. The predicted molar refractivity (Wildman–Crippen MR) is 68.5 cm³/mol. The van der Waals surface area contributed by atoms with Crippen LogP contribution in [0.2, 0.25) is 0 Å². The van der Waals surface area contributed by atoms with Crippen LogP contribution in [-0.2, 0) is 18.3 Å². The number of aryl methyl sites for hydroxylation is 2. The first kappa shape index (κ1) is 12.3. The van der Waals surface area contributed by atoms with E-state index in [4.69, 9.17) is 0 Å². The van der Waals surface area contributed by atoms with Crippen LogP contribution in [0.4, 0.5) is 0 Å². The first-order valence-electron chi connectivity index (χ1n) is 5.70. The number of rotatable bonds is 0. The Hall–Kier alpha value is -0.780. The van der Waals surface area contributed by atoms with Crippen molar-refractivity contribution in [2.75, 3.05) is 0 Å². The predicted octanol–water partition coefficient (Wildman–Crippen LogP) is 4.50. The van der Waals surface area contributed by atoms with Crippen LogP contribution in [0, 0.1) is 0 Å². The Labute approximate surface area is 94.7 Å². The van der Waals surface area contributed by atoms with Gasteiger partial charge < -0.3 is 0 Å². The van der Waals surface area contributed by atoms with Gasteiger partial charge in [0, 0.05) is 0 Å². The third-order valence-corrected chi connectivity index (χ3v) is 3.21. The number of hydrogen-bond donors (Lipinski definition) is 0. The molecule has 0 aliphatic heterocycles. The van der Waals surface area contributed by atoms with Gasteiger partial charge >= 0.3 is 0 Å². The summed E-state index contributed by atoms with van der Waals surface area (Å²) in [6.45, 7) is 6.87. The number of benzene rings is 1. The molecule has 0 amide bonds. The standard InChI is InChI=1S/C14H20.CH4/c1-14(2,3)13-9-8-11-6-4-5-7-12(11)10-13;/h8-10H,4-7H2,1-3H3;1H4. The molecule has 0 saturated heterocycles. The fourth-order valence-electron chi connectivity index (χ4n) is 2.20. The summed E-state index contributed by atoms with van der Waals surface area (Å²) < 4.78 is 0. The highest BCUT2D eigenvalue weighted by molar-refractivity contribution is 5.36. The van der Waals surface area contributed by atoms with E-state index in [1.807, 2.05) is 0 Å². The van der Waals surface area contributed by atoms with Crippen LogP contribution >= 0.6 is 0 Å². The first-order valence-corrected chi connectivity index (χ1v) is 5.70. The minimum absolute atomic E-state index is 0. The molecule has 0 bridgehead atoms. The molecule has 0 N–H and O–H groups in total. The minimum Gasteiger partial charge on any atom is -0.0776 e. The van der Waals surface area contributed by atoms with Crippen molar-refractivity contribution >= 4 is 0 Å². The topological polar surface area (TPSA) is 0 Å². The quantitative estimate of drug-likeness (QED) is 0.583. The van der Waals surface area contributed by atoms with Crippen LogP contribution in [-0.4, -0.2) is 0 Å². The van der Waals surface area contributed by atoms with Gasteiger partial charge in [0.25, 0.3) is 0 Å². The lowest BCUT2D eigenvalue weighted by Gasteiger charge is -2.23. The maximum atomic E-state index is 2.43. The lowest BCUT2D eigenvalue weighted by Crippen LogP contribution is -2.13. The maximum absolute atomic E-state index is 2.43. The van der Waals surface area contributed by atoms with E-state index in [9.17, 15) is 0 Å². The molecule has 0 saturated carbocycles. The average molecular weight is 204 g/mol. The Bertz CT molecular complexity index is 328. The van der Waals surface area contributed by atoms with Crippen molar-refractivity contribution in [3.05, 3.63) is 34.9 Å². The van der Waals surface area contributed by atoms with Crippen LogP contribution in [0.25, 0.3) is 0 Å². The third-order valence-electron chi connectivity index (χ3n) is 3.21. The highest BCUT2D eigenvalue weighted by Crippen LogP contribution is 2.28. The Morgan fingerprint density at radius 3 is 2.13 bits per heavy atom. The minimum atomic E-state index is 0. The Morgan fingerprint density at radius 2 is 1.53 bits per heavy atom. The molecular formula is C15H24. The van der Waals surface area contributed by atoms with Gasteiger partial charge in [0.05, 0.1) is 0 Å². The molecule has 1 aliphatic rings. The van der Waals surface area contributed by atoms with Gasteiger partial charge in [0.2, 0.25) is 0 Å². The van der Waals surface area contributed by atoms with Crippen LogP contribution in [0.1, 0.15) is 57.7 Å². The fraction of sp³-hybridized carbons (Fsp3) is 0.600. The summed E-state index contributed by atoms with van der Waals surface area (Å²) in [4.78, 5) is 0. The van der Waals surface area contributed by atoms with Crippen molar-refractivity contribution in [3.63, 3.8) is 0 Å². The molecule has 84 valence electrons. The summed E-state index contributed by atoms with van der Waals surface area (Å²) >= 11 is 0. The van der Waals surface area contributed by atoms with Crippen molar-refractivity contribution in [3.8, 4) is 0 Å². The van der Waals surface area contributed by atoms with E-state index in [1.54, 1.807) is 11.1 Å². The molecule has 0 nitrogen and oxygen atoms in total. The second-order valence-electron chi connectivity index (χ2n) is 5.44. The molecule has 1 aliphatic carbocycles. The van der Waals surface area contributed by atoms with Crippen molar-refractivity contribution in [2.45, 2.75) is 59.3 Å². The van der Waals surface area contributed by atoms with Gasteiger partial charge in [-0.1, -0.05) is 46.4 Å². The summed E-state index contributed by atoms with van der Waals surface area (Å²) in [5, 5.41) is 0. The van der Waals surface area contributed by atoms with Gasteiger partial charge in [-0.2, -0.15) is 0 Å². The smallest absolute Gasteiger partial charge is 0.0132 e. The molecular weight excluding hydrogens is 180 g/mol. The highest BCUT2D eigenvalue weighted by Gasteiger charge is 2.16. The molecule has 0 heteroatoms. The van der Waals surface area contributed by atoms with Gasteiger partial charge in [-0.15, -0.1) is 0 Å². The van der Waals surface area contributed by atoms with E-state index < -0.39 is 0 Å². The zero-order valence-electron chi connectivity index (χ0n) is 9.56. The van der Waals surface area contributed by atoms with E-state index >= 15 is 0 Å². The van der Waals surface area contributed by atoms with Crippen LogP contribution in [0.15, 0.2) is 18.2 Å². The van der Waals surface area contributed by atoms with Gasteiger partial charge in [0.1, 0.15) is 0 Å². The summed E-state index contributed by atoms with van der Waals surface area (Å²) in [6.07, 6.45) is 5.33. The van der Waals surface area contributed by atoms with E-state index in [0.717, 1.165) is 0 Å². The Morgan fingerprint density at radius 1 is 0.933 bits per heavy atom. The molecule has 15 heavy (non-hydrogen) atoms. The van der Waals surface area contributed by atoms with Crippen molar-refractivity contribution in [1.82, 2.24) is 0 Å². The van der Waals surface area contributed by atoms with E-state index in [1.165, 1.54) is 31.2 Å². The molecule has 0 aromatic heterocycles. The second kappa shape index (κ2) is 4.38. The summed E-state index contributed by atoms with van der Waals surface area (Å²) in [7, 11) is 0. The van der Waals surface area contributed by atoms with E-state index in [0.29, 0.717) is 5.41 Å². The number of hydrogen-bond acceptors (Lipinski definition) is 0. The van der Waals surface area contributed by atoms with Gasteiger partial charge in [-0.3, -0.25) is 0 Å². The highest BCUT2D eigenvalue weighted by atomic mass is 14.2. The Kier molecular flexibility index (Phi) is 3.59. The van der Waals surface area contributed by atoms with Crippen molar-refractivity contribution in [2.24, 2.45) is 0 Å². The molecule has 0 atom stereocenters. The molecule has 2 rings (SSSR count). The van der Waals surface area contributed by atoms with Crippen molar-refractivity contribution in [1.29, 1.82) is 0 Å². The summed E-state index contributed by atoms with van der Waals surface area (Å²) in [5.74, 6) is 0. The zero-order chi connectivity index (χ0) is 10.2. The fourth-order valence-corrected chi connectivity index (χ4v) is 2.20. The molecule has 0 fully saturated rings. The van der Waals surface area contributed by atoms with Crippen LogP contribution < -0.4 is 0 Å². The molecule has 0 heterocycles. The van der Waals surface area contributed by atoms with E-state index in [-0.39, 0.29) is 7.43 Å². The van der Waals surface area contributed by atoms with E-state index in [2.05, 4.69) is 39.0 Å². The first-order chi connectivity index (χ1) is 6.57. The lowest BCUT2D eigenvalue weighted by molar-refractivity contribution is 0.586. The zero-order valence-corrected chi connectivity index (χ0v) is 9.56. The molecule has 0 spiro atoms. The molecule has 0 unspecified atom stereocenters. The molecule has 1 aromatic carbocycles. The summed E-state index contributed by atoms with van der Waals surface area (Å²) in [5.41, 5.74) is 4.97. The number of fused-ring (bicyclic) bond motifs is 1.